The Morgan fingerprint density at radius 3 is 2.57 bits per heavy atom. The van der Waals surface area contributed by atoms with Gasteiger partial charge in [-0.3, -0.25) is 4.90 Å². The Balaban J connectivity index is 1.85. The van der Waals surface area contributed by atoms with Crippen molar-refractivity contribution in [1.29, 1.82) is 0 Å². The molecule has 1 atom stereocenters. The van der Waals surface area contributed by atoms with E-state index >= 15 is 0 Å². The Morgan fingerprint density at radius 2 is 1.93 bits per heavy atom. The van der Waals surface area contributed by atoms with Crippen molar-refractivity contribution in [3.63, 3.8) is 0 Å². The Hall–Kier alpha value is -1.56. The molecule has 0 aliphatic heterocycles. The Bertz CT molecular complexity index is 614. The van der Waals surface area contributed by atoms with E-state index in [1.54, 1.807) is 7.11 Å². The van der Waals surface area contributed by atoms with Gasteiger partial charge in [-0.25, -0.2) is 0 Å². The van der Waals surface area contributed by atoms with Crippen LogP contribution in [0.5, 0.6) is 11.5 Å². The predicted molar refractivity (Wildman–Crippen MR) is 115 cm³/mol. The van der Waals surface area contributed by atoms with Gasteiger partial charge < -0.3 is 19.5 Å². The molecular formula is C23H38N2O3. The highest BCUT2D eigenvalue weighted by molar-refractivity contribution is 5.43. The minimum absolute atomic E-state index is 0.266. The van der Waals surface area contributed by atoms with Crippen LogP contribution >= 0.6 is 0 Å². The molecule has 1 aliphatic carbocycles. The highest BCUT2D eigenvalue weighted by atomic mass is 16.5. The third kappa shape index (κ3) is 7.46. The SMILES string of the molecule is C=C(C)CN(C)Cc1ccc(OCC(O)CN(C)C2CCCCC2)c(OC)c1. The van der Waals surface area contributed by atoms with Crippen LogP contribution < -0.4 is 9.47 Å². The molecule has 1 unspecified atom stereocenters. The molecule has 0 aromatic heterocycles. The molecule has 1 saturated carbocycles. The molecule has 1 aromatic carbocycles. The van der Waals surface area contributed by atoms with Gasteiger partial charge in [0.2, 0.25) is 0 Å². The Morgan fingerprint density at radius 1 is 1.21 bits per heavy atom. The van der Waals surface area contributed by atoms with E-state index < -0.39 is 6.10 Å². The van der Waals surface area contributed by atoms with Gasteiger partial charge in [0, 0.05) is 25.7 Å². The molecule has 0 saturated heterocycles. The van der Waals surface area contributed by atoms with Crippen LogP contribution in [0, 0.1) is 0 Å². The minimum atomic E-state index is -0.516. The Kier molecular flexibility index (Phi) is 9.29. The largest absolute Gasteiger partial charge is 0.493 e. The van der Waals surface area contributed by atoms with Crippen LogP contribution in [0.4, 0.5) is 0 Å². The quantitative estimate of drug-likeness (QED) is 0.584. The second-order valence-corrected chi connectivity index (χ2v) is 8.31. The van der Waals surface area contributed by atoms with Gasteiger partial charge in [0.25, 0.3) is 0 Å². The molecule has 2 rings (SSSR count). The number of ether oxygens (including phenoxy) is 2. The van der Waals surface area contributed by atoms with E-state index in [0.29, 0.717) is 24.1 Å². The summed E-state index contributed by atoms with van der Waals surface area (Å²) in [5, 5.41) is 10.4. The highest BCUT2D eigenvalue weighted by Gasteiger charge is 2.20. The molecule has 158 valence electrons. The van der Waals surface area contributed by atoms with Gasteiger partial charge in [-0.15, -0.1) is 0 Å². The number of hydrogen-bond acceptors (Lipinski definition) is 5. The molecule has 1 aliphatic rings. The van der Waals surface area contributed by atoms with E-state index in [0.717, 1.165) is 24.2 Å². The zero-order valence-corrected chi connectivity index (χ0v) is 18.1. The van der Waals surface area contributed by atoms with Crippen molar-refractivity contribution in [2.75, 3.05) is 40.9 Å². The molecule has 1 N–H and O–H groups in total. The summed E-state index contributed by atoms with van der Waals surface area (Å²) in [7, 11) is 5.83. The monoisotopic (exact) mass is 390 g/mol. The van der Waals surface area contributed by atoms with E-state index in [1.807, 2.05) is 25.1 Å². The van der Waals surface area contributed by atoms with Gasteiger partial charge in [-0.05, 0) is 51.6 Å². The fourth-order valence-electron chi connectivity index (χ4n) is 4.00. The zero-order valence-electron chi connectivity index (χ0n) is 18.1. The van der Waals surface area contributed by atoms with E-state index in [4.69, 9.17) is 9.47 Å². The molecule has 1 fully saturated rings. The van der Waals surface area contributed by atoms with Crippen molar-refractivity contribution < 1.29 is 14.6 Å². The molecule has 0 heterocycles. The molecule has 5 nitrogen and oxygen atoms in total. The normalized spacial score (nSPS) is 16.4. The second-order valence-electron chi connectivity index (χ2n) is 8.31. The number of aliphatic hydroxyl groups is 1. The fourth-order valence-corrected chi connectivity index (χ4v) is 4.00. The number of benzene rings is 1. The van der Waals surface area contributed by atoms with Gasteiger partial charge >= 0.3 is 0 Å². The van der Waals surface area contributed by atoms with Crippen molar-refractivity contribution in [2.45, 2.75) is 57.7 Å². The smallest absolute Gasteiger partial charge is 0.161 e. The van der Waals surface area contributed by atoms with Gasteiger partial charge in [0.05, 0.1) is 7.11 Å². The summed E-state index contributed by atoms with van der Waals surface area (Å²) in [5.74, 6) is 1.38. The number of aliphatic hydroxyl groups excluding tert-OH is 1. The Labute approximate surface area is 170 Å². The van der Waals surface area contributed by atoms with Crippen LogP contribution in [0.2, 0.25) is 0 Å². The van der Waals surface area contributed by atoms with E-state index in [1.165, 1.54) is 32.1 Å². The van der Waals surface area contributed by atoms with Crippen molar-refractivity contribution in [3.8, 4) is 11.5 Å². The van der Waals surface area contributed by atoms with Crippen LogP contribution in [0.1, 0.15) is 44.6 Å². The average molecular weight is 391 g/mol. The van der Waals surface area contributed by atoms with E-state index in [9.17, 15) is 5.11 Å². The lowest BCUT2D eigenvalue weighted by atomic mass is 9.94. The highest BCUT2D eigenvalue weighted by Crippen LogP contribution is 2.29. The molecule has 0 radical (unpaired) electrons. The zero-order chi connectivity index (χ0) is 20.5. The minimum Gasteiger partial charge on any atom is -0.493 e. The first-order chi connectivity index (χ1) is 13.4. The maximum Gasteiger partial charge on any atom is 0.161 e. The lowest BCUT2D eigenvalue weighted by Gasteiger charge is -2.32. The molecule has 1 aromatic rings. The van der Waals surface area contributed by atoms with Crippen molar-refractivity contribution in [2.24, 2.45) is 0 Å². The first-order valence-electron chi connectivity index (χ1n) is 10.4. The van der Waals surface area contributed by atoms with Crippen molar-refractivity contribution in [1.82, 2.24) is 9.80 Å². The molecule has 0 spiro atoms. The lowest BCUT2D eigenvalue weighted by molar-refractivity contribution is 0.0553. The summed E-state index contributed by atoms with van der Waals surface area (Å²) in [6.45, 7) is 8.58. The first-order valence-corrected chi connectivity index (χ1v) is 10.4. The topological polar surface area (TPSA) is 45.2 Å². The van der Waals surface area contributed by atoms with Crippen molar-refractivity contribution >= 4 is 0 Å². The number of methoxy groups -OCH3 is 1. The first kappa shape index (κ1) is 22.7. The lowest BCUT2D eigenvalue weighted by Crippen LogP contribution is -2.40. The summed E-state index contributed by atoms with van der Waals surface area (Å²) in [6, 6.07) is 6.58. The van der Waals surface area contributed by atoms with Gasteiger partial charge in [-0.1, -0.05) is 37.5 Å². The summed E-state index contributed by atoms with van der Waals surface area (Å²) < 4.78 is 11.4. The third-order valence-corrected chi connectivity index (χ3v) is 5.35. The molecule has 5 heteroatoms. The summed E-state index contributed by atoms with van der Waals surface area (Å²) >= 11 is 0. The fraction of sp³-hybridized carbons (Fsp3) is 0.652. The maximum absolute atomic E-state index is 10.4. The molecule has 0 amide bonds. The second kappa shape index (κ2) is 11.4. The van der Waals surface area contributed by atoms with Gasteiger partial charge in [0.15, 0.2) is 11.5 Å². The number of likely N-dealkylation sites (N-methyl/N-ethyl adjacent to an activating group) is 2. The van der Waals surface area contributed by atoms with Crippen molar-refractivity contribution in [3.05, 3.63) is 35.9 Å². The van der Waals surface area contributed by atoms with Crippen LogP contribution in [-0.4, -0.2) is 68.0 Å². The average Bonchev–Trinajstić information content (AvgIpc) is 2.66. The van der Waals surface area contributed by atoms with Gasteiger partial charge in [0.1, 0.15) is 12.7 Å². The number of nitrogens with zero attached hydrogens (tertiary/aromatic N) is 2. The summed E-state index contributed by atoms with van der Waals surface area (Å²) in [5.41, 5.74) is 2.30. The maximum atomic E-state index is 10.4. The van der Waals surface area contributed by atoms with Crippen LogP contribution in [0.25, 0.3) is 0 Å². The predicted octanol–water partition coefficient (Wildman–Crippen LogP) is 3.71. The summed E-state index contributed by atoms with van der Waals surface area (Å²) in [4.78, 5) is 4.49. The van der Waals surface area contributed by atoms with Gasteiger partial charge in [-0.2, -0.15) is 0 Å². The van der Waals surface area contributed by atoms with Crippen LogP contribution in [0.15, 0.2) is 30.4 Å². The molecule has 0 bridgehead atoms. The standard InChI is InChI=1S/C23H38N2O3/c1-18(2)14-24(3)15-19-11-12-22(23(13-19)27-5)28-17-21(26)16-25(4)20-9-7-6-8-10-20/h11-13,20-21,26H,1,6-10,14-17H2,2-5H3. The molecule has 28 heavy (non-hydrogen) atoms. The number of rotatable bonds is 11. The van der Waals surface area contributed by atoms with E-state index in [-0.39, 0.29) is 6.61 Å². The number of hydrogen-bond donors (Lipinski definition) is 1. The van der Waals surface area contributed by atoms with E-state index in [2.05, 4.69) is 30.5 Å². The third-order valence-electron chi connectivity index (χ3n) is 5.35. The molecular weight excluding hydrogens is 352 g/mol. The van der Waals surface area contributed by atoms with Crippen LogP contribution in [0.3, 0.4) is 0 Å². The summed E-state index contributed by atoms with van der Waals surface area (Å²) in [6.07, 6.45) is 5.89. The van der Waals surface area contributed by atoms with Crippen LogP contribution in [-0.2, 0) is 6.54 Å².